The molecule has 2 rings (SSSR count). The molecule has 0 aromatic heterocycles. The summed E-state index contributed by atoms with van der Waals surface area (Å²) >= 11 is 0. The molecule has 0 bridgehead atoms. The van der Waals surface area contributed by atoms with E-state index in [0.717, 1.165) is 5.56 Å². The first-order valence-corrected chi connectivity index (χ1v) is 6.36. The summed E-state index contributed by atoms with van der Waals surface area (Å²) in [5, 5.41) is 2.31. The second-order valence-electron chi connectivity index (χ2n) is 4.48. The molecular formula is C16H16N2O2. The smallest absolute Gasteiger partial charge is 0.257 e. The molecule has 0 unspecified atom stereocenters. The maximum Gasteiger partial charge on any atom is 0.257 e. The molecule has 4 nitrogen and oxygen atoms in total. The minimum atomic E-state index is -0.745. The van der Waals surface area contributed by atoms with Crippen LogP contribution < -0.4 is 11.1 Å². The Hall–Kier alpha value is -2.46. The van der Waals surface area contributed by atoms with Gasteiger partial charge in [0.1, 0.15) is 0 Å². The highest BCUT2D eigenvalue weighted by atomic mass is 16.2. The first-order chi connectivity index (χ1) is 9.66. The Bertz CT molecular complexity index is 582. The number of nitrogens with one attached hydrogen (secondary N) is 1. The standard InChI is InChI=1S/C16H16N2O2/c17-14(11-12-7-3-1-4-8-12)16(20)18-15(19)13-9-5-2-6-10-13/h1-10,14H,11,17H2,(H,18,19,20)/t14-/m0/s1. The van der Waals surface area contributed by atoms with Crippen LogP contribution in [0.25, 0.3) is 0 Å². The van der Waals surface area contributed by atoms with E-state index in [-0.39, 0.29) is 0 Å². The van der Waals surface area contributed by atoms with Gasteiger partial charge in [0.2, 0.25) is 5.91 Å². The summed E-state index contributed by atoms with van der Waals surface area (Å²) in [6.45, 7) is 0. The molecule has 0 spiro atoms. The van der Waals surface area contributed by atoms with Crippen LogP contribution in [0, 0.1) is 0 Å². The number of hydrogen-bond acceptors (Lipinski definition) is 3. The lowest BCUT2D eigenvalue weighted by Crippen LogP contribution is -2.44. The fourth-order valence-electron chi connectivity index (χ4n) is 1.83. The highest BCUT2D eigenvalue weighted by Crippen LogP contribution is 2.03. The largest absolute Gasteiger partial charge is 0.320 e. The van der Waals surface area contributed by atoms with Crippen molar-refractivity contribution < 1.29 is 9.59 Å². The zero-order valence-electron chi connectivity index (χ0n) is 11.0. The third-order valence-electron chi connectivity index (χ3n) is 2.91. The van der Waals surface area contributed by atoms with Crippen molar-refractivity contribution in [3.8, 4) is 0 Å². The Morgan fingerprint density at radius 3 is 2.10 bits per heavy atom. The van der Waals surface area contributed by atoms with Crippen LogP contribution in [0.5, 0.6) is 0 Å². The van der Waals surface area contributed by atoms with E-state index in [1.807, 2.05) is 30.3 Å². The van der Waals surface area contributed by atoms with Gasteiger partial charge in [-0.25, -0.2) is 0 Å². The van der Waals surface area contributed by atoms with Crippen LogP contribution in [-0.2, 0) is 11.2 Å². The number of amides is 2. The number of benzene rings is 2. The van der Waals surface area contributed by atoms with Crippen LogP contribution in [-0.4, -0.2) is 17.9 Å². The molecule has 4 heteroatoms. The average Bonchev–Trinajstić information content (AvgIpc) is 2.49. The lowest BCUT2D eigenvalue weighted by molar-refractivity contribution is -0.121. The van der Waals surface area contributed by atoms with Gasteiger partial charge in [0, 0.05) is 5.56 Å². The maximum atomic E-state index is 11.9. The van der Waals surface area contributed by atoms with Crippen LogP contribution in [0.1, 0.15) is 15.9 Å². The van der Waals surface area contributed by atoms with Gasteiger partial charge >= 0.3 is 0 Å². The van der Waals surface area contributed by atoms with Crippen molar-refractivity contribution in [3.63, 3.8) is 0 Å². The molecule has 0 aliphatic rings. The average molecular weight is 268 g/mol. The maximum absolute atomic E-state index is 11.9. The summed E-state index contributed by atoms with van der Waals surface area (Å²) in [6, 6.07) is 17.3. The molecule has 2 amide bonds. The Morgan fingerprint density at radius 2 is 1.50 bits per heavy atom. The highest BCUT2D eigenvalue weighted by molar-refractivity contribution is 6.06. The molecule has 0 heterocycles. The monoisotopic (exact) mass is 268 g/mol. The predicted octanol–water partition coefficient (Wildman–Crippen LogP) is 1.51. The van der Waals surface area contributed by atoms with Gasteiger partial charge in [-0.1, -0.05) is 48.5 Å². The van der Waals surface area contributed by atoms with Gasteiger partial charge in [-0.05, 0) is 24.1 Å². The number of rotatable bonds is 4. The van der Waals surface area contributed by atoms with Crippen molar-refractivity contribution in [3.05, 3.63) is 71.8 Å². The summed E-state index contributed by atoms with van der Waals surface area (Å²) in [6.07, 6.45) is 0.398. The van der Waals surface area contributed by atoms with Crippen LogP contribution in [0.15, 0.2) is 60.7 Å². The van der Waals surface area contributed by atoms with Crippen LogP contribution >= 0.6 is 0 Å². The van der Waals surface area contributed by atoms with Crippen molar-refractivity contribution in [1.82, 2.24) is 5.32 Å². The number of imide groups is 1. The Kier molecular flexibility index (Phi) is 4.63. The fraction of sp³-hybridized carbons (Fsp3) is 0.125. The van der Waals surface area contributed by atoms with Crippen molar-refractivity contribution in [1.29, 1.82) is 0 Å². The molecule has 2 aromatic carbocycles. The van der Waals surface area contributed by atoms with E-state index in [1.165, 1.54) is 0 Å². The molecule has 0 aliphatic heterocycles. The predicted molar refractivity (Wildman–Crippen MR) is 77.0 cm³/mol. The van der Waals surface area contributed by atoms with E-state index in [4.69, 9.17) is 5.73 Å². The van der Waals surface area contributed by atoms with Gasteiger partial charge in [0.05, 0.1) is 6.04 Å². The molecule has 3 N–H and O–H groups in total. The molecule has 20 heavy (non-hydrogen) atoms. The molecule has 2 aromatic rings. The number of carbonyl (C=O) groups excluding carboxylic acids is 2. The first kappa shape index (κ1) is 14.0. The molecule has 0 fully saturated rings. The summed E-state index contributed by atoms with van der Waals surface area (Å²) < 4.78 is 0. The fourth-order valence-corrected chi connectivity index (χ4v) is 1.83. The van der Waals surface area contributed by atoms with E-state index in [9.17, 15) is 9.59 Å². The van der Waals surface area contributed by atoms with Crippen molar-refractivity contribution in [2.45, 2.75) is 12.5 Å². The van der Waals surface area contributed by atoms with Crippen LogP contribution in [0.2, 0.25) is 0 Å². The van der Waals surface area contributed by atoms with E-state index >= 15 is 0 Å². The minimum Gasteiger partial charge on any atom is -0.320 e. The lowest BCUT2D eigenvalue weighted by Gasteiger charge is -2.11. The highest BCUT2D eigenvalue weighted by Gasteiger charge is 2.17. The van der Waals surface area contributed by atoms with E-state index in [1.54, 1.807) is 30.3 Å². The van der Waals surface area contributed by atoms with Crippen molar-refractivity contribution >= 4 is 11.8 Å². The SMILES string of the molecule is N[C@@H](Cc1ccccc1)C(=O)NC(=O)c1ccccc1. The minimum absolute atomic E-state index is 0.398. The zero-order valence-corrected chi connectivity index (χ0v) is 11.0. The summed E-state index contributed by atoms with van der Waals surface area (Å²) in [5.74, 6) is -0.901. The summed E-state index contributed by atoms with van der Waals surface area (Å²) in [4.78, 5) is 23.7. The van der Waals surface area contributed by atoms with Gasteiger partial charge in [-0.3, -0.25) is 14.9 Å². The van der Waals surface area contributed by atoms with Gasteiger partial charge in [0.25, 0.3) is 5.91 Å². The zero-order chi connectivity index (χ0) is 14.4. The van der Waals surface area contributed by atoms with Crippen molar-refractivity contribution in [2.75, 3.05) is 0 Å². The molecule has 102 valence electrons. The lowest BCUT2D eigenvalue weighted by atomic mass is 10.1. The van der Waals surface area contributed by atoms with Gasteiger partial charge in [0.15, 0.2) is 0 Å². The number of hydrogen-bond donors (Lipinski definition) is 2. The van der Waals surface area contributed by atoms with Crippen molar-refractivity contribution in [2.24, 2.45) is 5.73 Å². The normalized spacial score (nSPS) is 11.7. The molecule has 0 radical (unpaired) electrons. The molecule has 0 saturated carbocycles. The summed E-state index contributed by atoms with van der Waals surface area (Å²) in [5.41, 5.74) is 7.21. The topological polar surface area (TPSA) is 72.2 Å². The number of carbonyl (C=O) groups is 2. The molecule has 0 saturated heterocycles. The summed E-state index contributed by atoms with van der Waals surface area (Å²) in [7, 11) is 0. The molecule has 0 aliphatic carbocycles. The van der Waals surface area contributed by atoms with E-state index in [0.29, 0.717) is 12.0 Å². The molecule has 1 atom stereocenters. The van der Waals surface area contributed by atoms with E-state index in [2.05, 4.69) is 5.32 Å². The second kappa shape index (κ2) is 6.63. The second-order valence-corrected chi connectivity index (χ2v) is 4.48. The van der Waals surface area contributed by atoms with E-state index < -0.39 is 17.9 Å². The third kappa shape index (κ3) is 3.76. The quantitative estimate of drug-likeness (QED) is 0.883. The van der Waals surface area contributed by atoms with Gasteiger partial charge < -0.3 is 5.73 Å². The first-order valence-electron chi connectivity index (χ1n) is 6.36. The Balaban J connectivity index is 1.93. The Labute approximate surface area is 117 Å². The Morgan fingerprint density at radius 1 is 0.950 bits per heavy atom. The molecular weight excluding hydrogens is 252 g/mol. The van der Waals surface area contributed by atoms with Crippen LogP contribution in [0.4, 0.5) is 0 Å². The third-order valence-corrected chi connectivity index (χ3v) is 2.91. The van der Waals surface area contributed by atoms with Gasteiger partial charge in [-0.15, -0.1) is 0 Å². The number of nitrogens with two attached hydrogens (primary N) is 1. The van der Waals surface area contributed by atoms with Gasteiger partial charge in [-0.2, -0.15) is 0 Å². The van der Waals surface area contributed by atoms with Crippen LogP contribution in [0.3, 0.4) is 0 Å².